The lowest BCUT2D eigenvalue weighted by atomic mass is 10.2. The Balaban J connectivity index is 1.75. The van der Waals surface area contributed by atoms with Crippen molar-refractivity contribution in [3.63, 3.8) is 0 Å². The summed E-state index contributed by atoms with van der Waals surface area (Å²) in [7, 11) is -2.57. The van der Waals surface area contributed by atoms with Crippen LogP contribution in [-0.2, 0) is 19.3 Å². The largest absolute Gasteiger partial charge is 0.465 e. The van der Waals surface area contributed by atoms with E-state index in [1.165, 1.54) is 31.4 Å². The second-order valence-corrected chi connectivity index (χ2v) is 9.64. The van der Waals surface area contributed by atoms with E-state index in [-0.39, 0.29) is 40.6 Å². The number of ether oxygens (including phenoxy) is 3. The number of aromatic nitrogens is 1. The zero-order chi connectivity index (χ0) is 22.2. The molecule has 31 heavy (non-hydrogen) atoms. The van der Waals surface area contributed by atoms with Crippen molar-refractivity contribution in [1.29, 1.82) is 0 Å². The first-order chi connectivity index (χ1) is 14.8. The van der Waals surface area contributed by atoms with Crippen LogP contribution in [0.5, 0.6) is 11.6 Å². The number of carbonyl (C=O) groups excluding carboxylic acids is 1. The van der Waals surface area contributed by atoms with Crippen molar-refractivity contribution in [2.24, 2.45) is 0 Å². The van der Waals surface area contributed by atoms with E-state index < -0.39 is 26.8 Å². The maximum atomic E-state index is 14.5. The number of halogens is 2. The summed E-state index contributed by atoms with van der Waals surface area (Å²) in [5, 5.41) is -0.555. The van der Waals surface area contributed by atoms with Gasteiger partial charge in [0, 0.05) is 19.7 Å². The first kappa shape index (κ1) is 21.8. The number of fused-ring (bicyclic) bond motifs is 1. The summed E-state index contributed by atoms with van der Waals surface area (Å²) in [5.74, 6) is -1.84. The molecular weight excluding hydrogens is 451 g/mol. The Bertz CT molecular complexity index is 1100. The van der Waals surface area contributed by atoms with E-state index in [4.69, 9.17) is 21.1 Å². The van der Waals surface area contributed by atoms with E-state index in [1.54, 1.807) is 4.90 Å². The fourth-order valence-corrected chi connectivity index (χ4v) is 5.69. The molecule has 0 spiro atoms. The highest BCUT2D eigenvalue weighted by Crippen LogP contribution is 2.44. The van der Waals surface area contributed by atoms with E-state index >= 15 is 0 Å². The quantitative estimate of drug-likeness (QED) is 0.485. The molecule has 0 amide bonds. The van der Waals surface area contributed by atoms with Crippen LogP contribution in [0.25, 0.3) is 0 Å². The summed E-state index contributed by atoms with van der Waals surface area (Å²) in [6.45, 7) is 1.22. The number of methoxy groups -OCH3 is 1. The van der Waals surface area contributed by atoms with Crippen LogP contribution in [0.1, 0.15) is 23.2 Å². The zero-order valence-electron chi connectivity index (χ0n) is 16.6. The Morgan fingerprint density at radius 3 is 2.74 bits per heavy atom. The molecule has 0 bridgehead atoms. The molecule has 0 unspecified atom stereocenters. The summed E-state index contributed by atoms with van der Waals surface area (Å²) >= 11 is 6.04. The molecule has 2 aliphatic rings. The molecule has 1 aromatic heterocycles. The molecule has 0 aliphatic carbocycles. The summed E-state index contributed by atoms with van der Waals surface area (Å²) in [5.41, 5.74) is 0.417. The van der Waals surface area contributed by atoms with Gasteiger partial charge in [-0.1, -0.05) is 11.6 Å². The molecule has 4 rings (SSSR count). The third-order valence-corrected chi connectivity index (χ3v) is 7.39. The highest BCUT2D eigenvalue weighted by molar-refractivity contribution is 7.91. The van der Waals surface area contributed by atoms with E-state index in [0.29, 0.717) is 18.7 Å². The van der Waals surface area contributed by atoms with Crippen molar-refractivity contribution in [1.82, 2.24) is 4.98 Å². The molecular formula is C20H20ClFN2O6S. The van der Waals surface area contributed by atoms with Crippen LogP contribution in [0.4, 0.5) is 10.1 Å². The molecule has 166 valence electrons. The number of carbonyl (C=O) groups is 1. The molecule has 2 aliphatic heterocycles. The number of hydrogen-bond donors (Lipinski definition) is 0. The van der Waals surface area contributed by atoms with Crippen molar-refractivity contribution < 1.29 is 31.8 Å². The van der Waals surface area contributed by atoms with E-state index in [0.717, 1.165) is 12.8 Å². The van der Waals surface area contributed by atoms with Gasteiger partial charge in [0.1, 0.15) is 21.4 Å². The minimum atomic E-state index is -3.83. The van der Waals surface area contributed by atoms with Gasteiger partial charge in [-0.05, 0) is 37.1 Å². The number of pyridine rings is 1. The van der Waals surface area contributed by atoms with E-state index in [2.05, 4.69) is 9.72 Å². The Morgan fingerprint density at radius 1 is 1.35 bits per heavy atom. The minimum Gasteiger partial charge on any atom is -0.465 e. The first-order valence-electron chi connectivity index (χ1n) is 9.64. The zero-order valence-corrected chi connectivity index (χ0v) is 18.2. The predicted molar refractivity (Wildman–Crippen MR) is 110 cm³/mol. The predicted octanol–water partition coefficient (Wildman–Crippen LogP) is 3.23. The Hall–Kier alpha value is -2.43. The van der Waals surface area contributed by atoms with Crippen molar-refractivity contribution in [3.05, 3.63) is 40.8 Å². The van der Waals surface area contributed by atoms with Gasteiger partial charge < -0.3 is 19.1 Å². The third kappa shape index (κ3) is 4.32. The van der Waals surface area contributed by atoms with Gasteiger partial charge in [0.05, 0.1) is 24.5 Å². The number of benzene rings is 1. The smallest absolute Gasteiger partial charge is 0.337 e. The maximum Gasteiger partial charge on any atom is 0.337 e. The number of anilines is 1. The SMILES string of the molecule is COC(=O)c1ccc(Oc2nc(F)c(Cl)c3c2N(C[C@@H]2CCCO2)CCS3(=O)=O)cc1. The van der Waals surface area contributed by atoms with Gasteiger partial charge in [-0.3, -0.25) is 0 Å². The van der Waals surface area contributed by atoms with Crippen molar-refractivity contribution in [3.8, 4) is 11.6 Å². The minimum absolute atomic E-state index is 0.0790. The van der Waals surface area contributed by atoms with Crippen LogP contribution >= 0.6 is 11.6 Å². The first-order valence-corrected chi connectivity index (χ1v) is 11.7. The van der Waals surface area contributed by atoms with Gasteiger partial charge in [-0.2, -0.15) is 9.37 Å². The highest BCUT2D eigenvalue weighted by Gasteiger charge is 2.38. The van der Waals surface area contributed by atoms with Crippen LogP contribution in [-0.4, -0.2) is 58.0 Å². The van der Waals surface area contributed by atoms with E-state index in [1.807, 2.05) is 0 Å². The van der Waals surface area contributed by atoms with Crippen molar-refractivity contribution in [2.45, 2.75) is 23.8 Å². The van der Waals surface area contributed by atoms with Crippen molar-refractivity contribution >= 4 is 33.1 Å². The molecule has 0 radical (unpaired) electrons. The van der Waals surface area contributed by atoms with Gasteiger partial charge in [0.15, 0.2) is 9.84 Å². The second-order valence-electron chi connectivity index (χ2n) is 7.22. The second kappa shape index (κ2) is 8.60. The average Bonchev–Trinajstić information content (AvgIpc) is 3.26. The van der Waals surface area contributed by atoms with Crippen LogP contribution in [0.2, 0.25) is 5.02 Å². The maximum absolute atomic E-state index is 14.5. The molecule has 8 nitrogen and oxygen atoms in total. The molecule has 0 saturated carbocycles. The van der Waals surface area contributed by atoms with Gasteiger partial charge >= 0.3 is 5.97 Å². The fourth-order valence-electron chi connectivity index (χ4n) is 3.67. The summed E-state index contributed by atoms with van der Waals surface area (Å²) < 4.78 is 56.0. The monoisotopic (exact) mass is 470 g/mol. The number of rotatable bonds is 5. The molecule has 1 fully saturated rings. The lowest BCUT2D eigenvalue weighted by Gasteiger charge is -2.33. The Kier molecular flexibility index (Phi) is 6.05. The molecule has 3 heterocycles. The van der Waals surface area contributed by atoms with Crippen LogP contribution in [0.3, 0.4) is 0 Å². The lowest BCUT2D eigenvalue weighted by Crippen LogP contribution is -2.40. The third-order valence-electron chi connectivity index (χ3n) is 5.19. The average molecular weight is 471 g/mol. The lowest BCUT2D eigenvalue weighted by molar-refractivity contribution is 0.0600. The highest BCUT2D eigenvalue weighted by atomic mass is 35.5. The van der Waals surface area contributed by atoms with Crippen molar-refractivity contribution in [2.75, 3.05) is 37.5 Å². The van der Waals surface area contributed by atoms with E-state index in [9.17, 15) is 17.6 Å². The molecule has 1 aromatic carbocycles. The molecule has 0 N–H and O–H groups in total. The summed E-state index contributed by atoms with van der Waals surface area (Å²) in [4.78, 5) is 16.8. The number of hydrogen-bond acceptors (Lipinski definition) is 8. The normalized spacial score (nSPS) is 19.7. The summed E-state index contributed by atoms with van der Waals surface area (Å²) in [6.07, 6.45) is 1.68. The number of esters is 1. The summed E-state index contributed by atoms with van der Waals surface area (Å²) in [6, 6.07) is 5.91. The van der Waals surface area contributed by atoms with Gasteiger partial charge in [-0.25, -0.2) is 13.2 Å². The molecule has 1 saturated heterocycles. The molecule has 1 atom stereocenters. The van der Waals surface area contributed by atoms with Gasteiger partial charge in [-0.15, -0.1) is 0 Å². The molecule has 11 heteroatoms. The van der Waals surface area contributed by atoms with Gasteiger partial charge in [0.2, 0.25) is 11.8 Å². The number of nitrogens with zero attached hydrogens (tertiary/aromatic N) is 2. The fraction of sp³-hybridized carbons (Fsp3) is 0.400. The van der Waals surface area contributed by atoms with Crippen LogP contribution in [0.15, 0.2) is 29.2 Å². The standard InChI is InChI=1S/C20H20ClFN2O6S/c1-28-20(25)12-4-6-13(7-5-12)30-19-16-17(15(21)18(22)23-19)31(26,27)10-8-24(16)11-14-3-2-9-29-14/h4-7,14H,2-3,8-11H2,1H3/t14-/m0/s1. The molecule has 2 aromatic rings. The Labute approximate surface area is 183 Å². The van der Waals surface area contributed by atoms with Crippen LogP contribution < -0.4 is 9.64 Å². The topological polar surface area (TPSA) is 95.0 Å². The number of sulfone groups is 1. The Morgan fingerprint density at radius 2 is 2.10 bits per heavy atom. The van der Waals surface area contributed by atoms with Gasteiger partial charge in [0.25, 0.3) is 0 Å². The van der Waals surface area contributed by atoms with Crippen LogP contribution in [0, 0.1) is 5.95 Å².